The number of halogens is 1. The summed E-state index contributed by atoms with van der Waals surface area (Å²) < 4.78 is 3.10. The van der Waals surface area contributed by atoms with Crippen molar-refractivity contribution in [3.05, 3.63) is 64.1 Å². The minimum absolute atomic E-state index is 0.0658. The minimum atomic E-state index is 0.0658. The maximum atomic E-state index is 12.6. The normalized spacial score (nSPS) is 10.9. The second-order valence-corrected chi connectivity index (χ2v) is 8.39. The molecule has 0 aliphatic rings. The molecule has 146 valence electrons. The summed E-state index contributed by atoms with van der Waals surface area (Å²) in [5, 5.41) is 9.48. The van der Waals surface area contributed by atoms with Crippen LogP contribution in [-0.2, 0) is 17.9 Å². The Hall–Kier alpha value is -2.12. The lowest BCUT2D eigenvalue weighted by Crippen LogP contribution is -2.27. The standard InChI is InChI=1S/C21H23BrN4OS/c1-4-26-20(18-8-6-5-7-15(18)2)23-24-21(26)28-14-19(27)25(3)13-16-9-11-17(22)12-10-16/h5-12H,4,13-14H2,1-3H3. The van der Waals surface area contributed by atoms with Crippen LogP contribution in [-0.4, -0.2) is 38.4 Å². The van der Waals surface area contributed by atoms with Gasteiger partial charge in [0.15, 0.2) is 11.0 Å². The lowest BCUT2D eigenvalue weighted by molar-refractivity contribution is -0.127. The van der Waals surface area contributed by atoms with Gasteiger partial charge in [-0.05, 0) is 37.1 Å². The Morgan fingerprint density at radius 2 is 1.86 bits per heavy atom. The average Bonchev–Trinajstić information content (AvgIpc) is 3.10. The van der Waals surface area contributed by atoms with Crippen molar-refractivity contribution in [1.29, 1.82) is 0 Å². The van der Waals surface area contributed by atoms with Crippen molar-refractivity contribution in [1.82, 2.24) is 19.7 Å². The number of rotatable bonds is 7. The first-order valence-electron chi connectivity index (χ1n) is 9.10. The van der Waals surface area contributed by atoms with Crippen molar-refractivity contribution in [2.45, 2.75) is 32.1 Å². The van der Waals surface area contributed by atoms with Gasteiger partial charge in [0.05, 0.1) is 5.75 Å². The number of hydrogen-bond acceptors (Lipinski definition) is 4. The van der Waals surface area contributed by atoms with Crippen LogP contribution in [0.25, 0.3) is 11.4 Å². The molecule has 0 unspecified atom stereocenters. The lowest BCUT2D eigenvalue weighted by Gasteiger charge is -2.17. The first kappa shape index (κ1) is 20.6. The van der Waals surface area contributed by atoms with Gasteiger partial charge in [-0.2, -0.15) is 0 Å². The Kier molecular flexibility index (Phi) is 6.91. The summed E-state index contributed by atoms with van der Waals surface area (Å²) in [5.41, 5.74) is 3.33. The van der Waals surface area contributed by atoms with Gasteiger partial charge in [0.1, 0.15) is 0 Å². The minimum Gasteiger partial charge on any atom is -0.341 e. The molecular formula is C21H23BrN4OS. The van der Waals surface area contributed by atoms with E-state index in [4.69, 9.17) is 0 Å². The van der Waals surface area contributed by atoms with E-state index < -0.39 is 0 Å². The SMILES string of the molecule is CCn1c(SCC(=O)N(C)Cc2ccc(Br)cc2)nnc1-c1ccccc1C. The van der Waals surface area contributed by atoms with Gasteiger partial charge in [-0.15, -0.1) is 10.2 Å². The number of hydrogen-bond donors (Lipinski definition) is 0. The van der Waals surface area contributed by atoms with E-state index in [1.807, 2.05) is 43.4 Å². The highest BCUT2D eigenvalue weighted by atomic mass is 79.9. The predicted molar refractivity (Wildman–Crippen MR) is 117 cm³/mol. The lowest BCUT2D eigenvalue weighted by atomic mass is 10.1. The van der Waals surface area contributed by atoms with E-state index in [1.165, 1.54) is 11.8 Å². The number of thioether (sulfide) groups is 1. The monoisotopic (exact) mass is 458 g/mol. The summed E-state index contributed by atoms with van der Waals surface area (Å²) in [6.07, 6.45) is 0. The van der Waals surface area contributed by atoms with Crippen molar-refractivity contribution >= 4 is 33.6 Å². The highest BCUT2D eigenvalue weighted by Crippen LogP contribution is 2.26. The number of benzene rings is 2. The number of nitrogens with zero attached hydrogens (tertiary/aromatic N) is 4. The van der Waals surface area contributed by atoms with Crippen LogP contribution in [0.15, 0.2) is 58.2 Å². The van der Waals surface area contributed by atoms with Crippen LogP contribution in [0.1, 0.15) is 18.1 Å². The van der Waals surface area contributed by atoms with E-state index in [9.17, 15) is 4.79 Å². The number of carbonyl (C=O) groups is 1. The number of aromatic nitrogens is 3. The van der Waals surface area contributed by atoms with Gasteiger partial charge in [-0.3, -0.25) is 4.79 Å². The van der Waals surface area contributed by atoms with Crippen LogP contribution in [0.4, 0.5) is 0 Å². The molecule has 0 N–H and O–H groups in total. The van der Waals surface area contributed by atoms with E-state index in [-0.39, 0.29) is 5.91 Å². The van der Waals surface area contributed by atoms with Gasteiger partial charge in [0, 0.05) is 30.2 Å². The Morgan fingerprint density at radius 1 is 1.14 bits per heavy atom. The van der Waals surface area contributed by atoms with Gasteiger partial charge in [-0.1, -0.05) is 64.1 Å². The van der Waals surface area contributed by atoms with Crippen LogP contribution in [0.3, 0.4) is 0 Å². The molecule has 0 bridgehead atoms. The van der Waals surface area contributed by atoms with Crippen LogP contribution < -0.4 is 0 Å². The molecule has 3 rings (SSSR count). The van der Waals surface area contributed by atoms with Gasteiger partial charge in [0.25, 0.3) is 0 Å². The van der Waals surface area contributed by atoms with Gasteiger partial charge in [-0.25, -0.2) is 0 Å². The molecule has 0 saturated carbocycles. The highest BCUT2D eigenvalue weighted by molar-refractivity contribution is 9.10. The molecule has 5 nitrogen and oxygen atoms in total. The zero-order chi connectivity index (χ0) is 20.1. The summed E-state index contributed by atoms with van der Waals surface area (Å²) in [4.78, 5) is 14.3. The van der Waals surface area contributed by atoms with Crippen LogP contribution in [0, 0.1) is 6.92 Å². The fourth-order valence-electron chi connectivity index (χ4n) is 2.89. The van der Waals surface area contributed by atoms with Crippen molar-refractivity contribution < 1.29 is 4.79 Å². The van der Waals surface area contributed by atoms with Crippen molar-refractivity contribution in [3.8, 4) is 11.4 Å². The number of amides is 1. The Morgan fingerprint density at radius 3 is 2.54 bits per heavy atom. The van der Waals surface area contributed by atoms with Crippen molar-refractivity contribution in [2.75, 3.05) is 12.8 Å². The molecule has 3 aromatic rings. The Bertz CT molecular complexity index is 955. The number of carbonyl (C=O) groups excluding carboxylic acids is 1. The molecular weight excluding hydrogens is 436 g/mol. The van der Waals surface area contributed by atoms with Crippen LogP contribution in [0.5, 0.6) is 0 Å². The fraction of sp³-hybridized carbons (Fsp3) is 0.286. The molecule has 0 atom stereocenters. The van der Waals surface area contributed by atoms with E-state index in [1.54, 1.807) is 4.90 Å². The summed E-state index contributed by atoms with van der Waals surface area (Å²) in [6.45, 7) is 5.47. The third kappa shape index (κ3) is 4.83. The molecule has 28 heavy (non-hydrogen) atoms. The van der Waals surface area contributed by atoms with Crippen molar-refractivity contribution in [3.63, 3.8) is 0 Å². The molecule has 0 spiro atoms. The van der Waals surface area contributed by atoms with E-state index in [0.717, 1.165) is 38.7 Å². The third-order valence-electron chi connectivity index (χ3n) is 4.50. The maximum Gasteiger partial charge on any atom is 0.233 e. The van der Waals surface area contributed by atoms with E-state index >= 15 is 0 Å². The molecule has 0 aliphatic heterocycles. The number of aryl methyl sites for hydroxylation is 1. The Balaban J connectivity index is 1.66. The molecule has 0 aliphatic carbocycles. The largest absolute Gasteiger partial charge is 0.341 e. The fourth-order valence-corrected chi connectivity index (χ4v) is 4.10. The summed E-state index contributed by atoms with van der Waals surface area (Å²) in [5.74, 6) is 1.24. The Labute approximate surface area is 178 Å². The van der Waals surface area contributed by atoms with E-state index in [0.29, 0.717) is 12.3 Å². The highest BCUT2D eigenvalue weighted by Gasteiger charge is 2.17. The second kappa shape index (κ2) is 9.39. The first-order valence-corrected chi connectivity index (χ1v) is 10.9. The topological polar surface area (TPSA) is 51.0 Å². The average molecular weight is 459 g/mol. The van der Waals surface area contributed by atoms with Crippen LogP contribution >= 0.6 is 27.7 Å². The summed E-state index contributed by atoms with van der Waals surface area (Å²) in [7, 11) is 1.83. The zero-order valence-electron chi connectivity index (χ0n) is 16.2. The quantitative estimate of drug-likeness (QED) is 0.477. The zero-order valence-corrected chi connectivity index (χ0v) is 18.6. The molecule has 1 amide bonds. The van der Waals surface area contributed by atoms with Gasteiger partial charge >= 0.3 is 0 Å². The van der Waals surface area contributed by atoms with Gasteiger partial charge < -0.3 is 9.47 Å². The molecule has 1 aromatic heterocycles. The van der Waals surface area contributed by atoms with E-state index in [2.05, 4.69) is 56.7 Å². The molecule has 2 aromatic carbocycles. The molecule has 0 radical (unpaired) electrons. The molecule has 0 saturated heterocycles. The summed E-state index contributed by atoms with van der Waals surface area (Å²) >= 11 is 4.86. The predicted octanol–water partition coefficient (Wildman–Crippen LogP) is 4.79. The molecule has 0 fully saturated rings. The smallest absolute Gasteiger partial charge is 0.233 e. The van der Waals surface area contributed by atoms with Crippen LogP contribution in [0.2, 0.25) is 0 Å². The van der Waals surface area contributed by atoms with Crippen molar-refractivity contribution in [2.24, 2.45) is 0 Å². The maximum absolute atomic E-state index is 12.6. The first-order chi connectivity index (χ1) is 13.5. The third-order valence-corrected chi connectivity index (χ3v) is 5.98. The second-order valence-electron chi connectivity index (χ2n) is 6.53. The van der Waals surface area contributed by atoms with Gasteiger partial charge in [0.2, 0.25) is 5.91 Å². The summed E-state index contributed by atoms with van der Waals surface area (Å²) in [6, 6.07) is 16.1. The molecule has 1 heterocycles. The molecule has 7 heteroatoms.